The number of benzene rings is 1. The number of nitrogens with one attached hydrogen (secondary N) is 1. The zero-order valence-electron chi connectivity index (χ0n) is 19.4. The first-order chi connectivity index (χ1) is 15.7. The Morgan fingerprint density at radius 2 is 1.97 bits per heavy atom. The minimum absolute atomic E-state index is 0.107. The van der Waals surface area contributed by atoms with Gasteiger partial charge in [-0.05, 0) is 56.9 Å². The van der Waals surface area contributed by atoms with Crippen molar-refractivity contribution < 1.29 is 19.1 Å². The first-order valence-electron chi connectivity index (χ1n) is 11.0. The number of methoxy groups -OCH3 is 1. The van der Waals surface area contributed by atoms with Crippen molar-refractivity contribution in [3.05, 3.63) is 59.5 Å². The van der Waals surface area contributed by atoms with E-state index in [4.69, 9.17) is 9.47 Å². The molecule has 3 aromatic rings. The Hall–Kier alpha value is -3.46. The molecule has 9 heteroatoms. The Morgan fingerprint density at radius 1 is 1.18 bits per heavy atom. The van der Waals surface area contributed by atoms with Gasteiger partial charge in [-0.25, -0.2) is 9.48 Å². The summed E-state index contributed by atoms with van der Waals surface area (Å²) in [4.78, 5) is 25.4. The van der Waals surface area contributed by atoms with E-state index in [1.165, 1.54) is 0 Å². The Bertz CT molecular complexity index is 1150. The molecule has 0 bridgehead atoms. The Balaban J connectivity index is 1.46. The van der Waals surface area contributed by atoms with Crippen LogP contribution >= 0.6 is 0 Å². The summed E-state index contributed by atoms with van der Waals surface area (Å²) < 4.78 is 13.5. The van der Waals surface area contributed by atoms with Gasteiger partial charge in [0.2, 0.25) is 5.91 Å². The zero-order chi connectivity index (χ0) is 23.6. The van der Waals surface area contributed by atoms with Gasteiger partial charge in [0.05, 0.1) is 30.6 Å². The van der Waals surface area contributed by atoms with Gasteiger partial charge in [-0.2, -0.15) is 10.2 Å². The lowest BCUT2D eigenvalue weighted by Crippen LogP contribution is -2.29. The standard InChI is InChI=1S/C24H29N5O4/c1-24(2,3)33-23(31)29-21(12-20(27-29)18-8-9-18)26-22(30)11-17-13-25-28(14-17)19-7-5-6-16(10-19)15-32-4/h5-7,10,12-14,18H,8-9,11,15H2,1-4H3,(H,26,30). The number of hydrogen-bond donors (Lipinski definition) is 1. The lowest BCUT2D eigenvalue weighted by molar-refractivity contribution is -0.115. The molecule has 0 radical (unpaired) electrons. The number of hydrogen-bond acceptors (Lipinski definition) is 6. The molecule has 1 aliphatic carbocycles. The molecule has 2 aromatic heterocycles. The van der Waals surface area contributed by atoms with E-state index < -0.39 is 11.7 Å². The van der Waals surface area contributed by atoms with E-state index in [0.29, 0.717) is 18.3 Å². The van der Waals surface area contributed by atoms with Gasteiger partial charge in [0, 0.05) is 25.3 Å². The molecule has 1 fully saturated rings. The van der Waals surface area contributed by atoms with Crippen LogP contribution < -0.4 is 5.32 Å². The highest BCUT2D eigenvalue weighted by molar-refractivity contribution is 5.93. The number of amides is 1. The molecule has 9 nitrogen and oxygen atoms in total. The van der Waals surface area contributed by atoms with Crippen LogP contribution in [0.2, 0.25) is 0 Å². The molecule has 1 saturated carbocycles. The first-order valence-corrected chi connectivity index (χ1v) is 11.0. The lowest BCUT2D eigenvalue weighted by Gasteiger charge is -2.19. The van der Waals surface area contributed by atoms with E-state index in [9.17, 15) is 9.59 Å². The average Bonchev–Trinajstić information content (AvgIpc) is 3.34. The molecule has 0 spiro atoms. The van der Waals surface area contributed by atoms with Crippen molar-refractivity contribution in [1.29, 1.82) is 0 Å². The second kappa shape index (κ2) is 9.19. The van der Waals surface area contributed by atoms with Gasteiger partial charge < -0.3 is 14.8 Å². The summed E-state index contributed by atoms with van der Waals surface area (Å²) in [5, 5.41) is 11.6. The molecule has 33 heavy (non-hydrogen) atoms. The Morgan fingerprint density at radius 3 is 2.67 bits per heavy atom. The first kappa shape index (κ1) is 22.7. The van der Waals surface area contributed by atoms with Crippen LogP contribution in [0.4, 0.5) is 10.6 Å². The number of carbonyl (C=O) groups excluding carboxylic acids is 2. The fourth-order valence-electron chi connectivity index (χ4n) is 3.43. The molecule has 0 saturated heterocycles. The van der Waals surface area contributed by atoms with Gasteiger partial charge in [0.1, 0.15) is 11.4 Å². The van der Waals surface area contributed by atoms with Gasteiger partial charge in [0.15, 0.2) is 0 Å². The van der Waals surface area contributed by atoms with Crippen molar-refractivity contribution in [2.24, 2.45) is 0 Å². The predicted octanol–water partition coefficient (Wildman–Crippen LogP) is 4.06. The van der Waals surface area contributed by atoms with Gasteiger partial charge in [-0.15, -0.1) is 4.68 Å². The minimum atomic E-state index is -0.667. The molecule has 0 unspecified atom stereocenters. The summed E-state index contributed by atoms with van der Waals surface area (Å²) in [7, 11) is 1.65. The predicted molar refractivity (Wildman–Crippen MR) is 122 cm³/mol. The van der Waals surface area contributed by atoms with Gasteiger partial charge in [-0.3, -0.25) is 4.79 Å². The van der Waals surface area contributed by atoms with Crippen molar-refractivity contribution in [3.8, 4) is 5.69 Å². The third-order valence-electron chi connectivity index (χ3n) is 5.04. The van der Waals surface area contributed by atoms with Crippen molar-refractivity contribution in [2.45, 2.75) is 58.2 Å². The van der Waals surface area contributed by atoms with E-state index in [-0.39, 0.29) is 12.3 Å². The molecule has 0 aliphatic heterocycles. The monoisotopic (exact) mass is 451 g/mol. The summed E-state index contributed by atoms with van der Waals surface area (Å²) in [6, 6.07) is 9.60. The van der Waals surface area contributed by atoms with Crippen molar-refractivity contribution in [1.82, 2.24) is 19.6 Å². The fourth-order valence-corrected chi connectivity index (χ4v) is 3.43. The highest BCUT2D eigenvalue weighted by Gasteiger charge is 2.30. The second-order valence-electron chi connectivity index (χ2n) is 9.24. The molecule has 1 N–H and O–H groups in total. The van der Waals surface area contributed by atoms with E-state index in [2.05, 4.69) is 15.5 Å². The molecular weight excluding hydrogens is 422 g/mol. The highest BCUT2D eigenvalue weighted by Crippen LogP contribution is 2.40. The molecule has 4 rings (SSSR count). The lowest BCUT2D eigenvalue weighted by atomic mass is 10.2. The van der Waals surface area contributed by atoms with Crippen LogP contribution in [0.3, 0.4) is 0 Å². The number of anilines is 1. The Labute approximate surface area is 192 Å². The average molecular weight is 452 g/mol. The van der Waals surface area contributed by atoms with E-state index >= 15 is 0 Å². The molecule has 1 aromatic carbocycles. The minimum Gasteiger partial charge on any atom is -0.442 e. The van der Waals surface area contributed by atoms with Crippen molar-refractivity contribution in [2.75, 3.05) is 12.4 Å². The number of aromatic nitrogens is 4. The van der Waals surface area contributed by atoms with Crippen LogP contribution in [0, 0.1) is 0 Å². The molecule has 0 atom stereocenters. The van der Waals surface area contributed by atoms with Crippen molar-refractivity contribution >= 4 is 17.8 Å². The van der Waals surface area contributed by atoms with E-state index in [0.717, 1.165) is 40.0 Å². The van der Waals surface area contributed by atoms with Gasteiger partial charge >= 0.3 is 6.09 Å². The summed E-state index contributed by atoms with van der Waals surface area (Å²) in [5.41, 5.74) is 2.79. The number of carbonyl (C=O) groups is 2. The molecule has 2 heterocycles. The fraction of sp³-hybridized carbons (Fsp3) is 0.417. The quantitative estimate of drug-likeness (QED) is 0.582. The van der Waals surface area contributed by atoms with Gasteiger partial charge in [0.25, 0.3) is 0 Å². The van der Waals surface area contributed by atoms with E-state index in [1.54, 1.807) is 44.8 Å². The third-order valence-corrected chi connectivity index (χ3v) is 5.04. The number of ether oxygens (including phenoxy) is 2. The Kier molecular flexibility index (Phi) is 6.33. The number of nitrogens with zero attached hydrogens (tertiary/aromatic N) is 4. The van der Waals surface area contributed by atoms with Crippen LogP contribution in [0.15, 0.2) is 42.7 Å². The second-order valence-corrected chi connectivity index (χ2v) is 9.24. The molecular formula is C24H29N5O4. The van der Waals surface area contributed by atoms with Crippen LogP contribution in [0.25, 0.3) is 5.69 Å². The van der Waals surface area contributed by atoms with Crippen molar-refractivity contribution in [3.63, 3.8) is 0 Å². The SMILES string of the molecule is COCc1cccc(-n2cc(CC(=O)Nc3cc(C4CC4)nn3C(=O)OC(C)(C)C)cn2)c1. The normalized spacial score (nSPS) is 13.7. The summed E-state index contributed by atoms with van der Waals surface area (Å²) in [5.74, 6) is 0.377. The summed E-state index contributed by atoms with van der Waals surface area (Å²) in [6.45, 7) is 5.88. The van der Waals surface area contributed by atoms with E-state index in [1.807, 2.05) is 30.5 Å². The molecule has 1 amide bonds. The van der Waals surface area contributed by atoms with Crippen LogP contribution in [0.5, 0.6) is 0 Å². The van der Waals surface area contributed by atoms with Crippen LogP contribution in [0.1, 0.15) is 56.4 Å². The van der Waals surface area contributed by atoms with Gasteiger partial charge in [-0.1, -0.05) is 12.1 Å². The molecule has 174 valence electrons. The maximum Gasteiger partial charge on any atom is 0.437 e. The maximum atomic E-state index is 12.8. The maximum absolute atomic E-state index is 12.8. The topological polar surface area (TPSA) is 100 Å². The van der Waals surface area contributed by atoms with Crippen LogP contribution in [-0.2, 0) is 27.3 Å². The third kappa shape index (κ3) is 5.87. The highest BCUT2D eigenvalue weighted by atomic mass is 16.6. The zero-order valence-corrected chi connectivity index (χ0v) is 19.4. The summed E-state index contributed by atoms with van der Waals surface area (Å²) >= 11 is 0. The molecule has 1 aliphatic rings. The summed E-state index contributed by atoms with van der Waals surface area (Å²) in [6.07, 6.45) is 5.02. The largest absolute Gasteiger partial charge is 0.442 e. The van der Waals surface area contributed by atoms with Crippen LogP contribution in [-0.4, -0.2) is 44.3 Å². The smallest absolute Gasteiger partial charge is 0.437 e. The number of rotatable bonds is 7.